The first-order valence-corrected chi connectivity index (χ1v) is 5.49. The van der Waals surface area contributed by atoms with Gasteiger partial charge >= 0.3 is 0 Å². The fourth-order valence-electron chi connectivity index (χ4n) is 2.83. The molecule has 1 aliphatic carbocycles. The van der Waals surface area contributed by atoms with E-state index in [1.807, 2.05) is 7.05 Å². The van der Waals surface area contributed by atoms with E-state index < -0.39 is 0 Å². The molecule has 2 rings (SSSR count). The average Bonchev–Trinajstić information content (AvgIpc) is 2.86. The lowest BCUT2D eigenvalue weighted by atomic mass is 9.86. The highest BCUT2D eigenvalue weighted by atomic mass is 15.1. The van der Waals surface area contributed by atoms with Crippen molar-refractivity contribution in [1.29, 1.82) is 5.26 Å². The van der Waals surface area contributed by atoms with Crippen LogP contribution in [0, 0.1) is 22.7 Å². The molecule has 2 fully saturated rings. The maximum Gasteiger partial charge on any atom is 0.0731 e. The lowest BCUT2D eigenvalue weighted by Crippen LogP contribution is -2.42. The summed E-state index contributed by atoms with van der Waals surface area (Å²) in [6.07, 6.45) is 3.43. The van der Waals surface area contributed by atoms with Gasteiger partial charge in [-0.25, -0.2) is 0 Å². The second kappa shape index (κ2) is 3.52. The normalized spacial score (nSPS) is 32.5. The van der Waals surface area contributed by atoms with Gasteiger partial charge in [-0.1, -0.05) is 0 Å². The molecule has 3 nitrogen and oxygen atoms in total. The van der Waals surface area contributed by atoms with E-state index in [-0.39, 0.29) is 5.41 Å². The van der Waals surface area contributed by atoms with E-state index >= 15 is 0 Å². The zero-order valence-electron chi connectivity index (χ0n) is 9.08. The molecule has 2 atom stereocenters. The summed E-state index contributed by atoms with van der Waals surface area (Å²) in [7, 11) is 4.17. The van der Waals surface area contributed by atoms with Crippen molar-refractivity contribution in [2.24, 2.45) is 11.3 Å². The molecule has 1 aliphatic heterocycles. The summed E-state index contributed by atoms with van der Waals surface area (Å²) in [4.78, 5) is 2.36. The molecule has 0 bridgehead atoms. The Balaban J connectivity index is 2.04. The van der Waals surface area contributed by atoms with Gasteiger partial charge in [0.25, 0.3) is 0 Å². The van der Waals surface area contributed by atoms with E-state index in [2.05, 4.69) is 23.3 Å². The number of nitrogens with zero attached hydrogens (tertiary/aromatic N) is 2. The largest absolute Gasteiger partial charge is 0.315 e. The first kappa shape index (κ1) is 9.95. The lowest BCUT2D eigenvalue weighted by molar-refractivity contribution is 0.289. The molecule has 2 aliphatic rings. The van der Waals surface area contributed by atoms with Gasteiger partial charge in [0.15, 0.2) is 0 Å². The second-order valence-electron chi connectivity index (χ2n) is 4.85. The Kier molecular flexibility index (Phi) is 2.50. The highest BCUT2D eigenvalue weighted by molar-refractivity contribution is 5.17. The van der Waals surface area contributed by atoms with Crippen molar-refractivity contribution < 1.29 is 0 Å². The van der Waals surface area contributed by atoms with Crippen molar-refractivity contribution in [2.75, 3.05) is 27.2 Å². The van der Waals surface area contributed by atoms with Crippen molar-refractivity contribution in [2.45, 2.75) is 25.3 Å². The number of nitrogens with one attached hydrogen (secondary N) is 1. The van der Waals surface area contributed by atoms with Gasteiger partial charge in [0.1, 0.15) is 0 Å². The molecule has 2 unspecified atom stereocenters. The molecule has 78 valence electrons. The first-order valence-electron chi connectivity index (χ1n) is 5.49. The number of rotatable bonds is 3. The Labute approximate surface area is 86.1 Å². The van der Waals surface area contributed by atoms with Gasteiger partial charge in [-0.2, -0.15) is 5.26 Å². The minimum atomic E-state index is -0.0232. The van der Waals surface area contributed by atoms with Crippen LogP contribution in [-0.4, -0.2) is 38.1 Å². The third-order valence-electron chi connectivity index (χ3n) is 3.82. The standard InChI is InChI=1S/C11H19N3/c1-13-10(11(8-12)4-5-11)9-3-6-14(2)7-9/h9-10,13H,3-7H2,1-2H3. The second-order valence-corrected chi connectivity index (χ2v) is 4.85. The zero-order chi connectivity index (χ0) is 10.2. The van der Waals surface area contributed by atoms with Crippen molar-refractivity contribution in [3.8, 4) is 6.07 Å². The van der Waals surface area contributed by atoms with Gasteiger partial charge in [0.2, 0.25) is 0 Å². The molecular formula is C11H19N3. The predicted octanol–water partition coefficient (Wildman–Crippen LogP) is 0.830. The summed E-state index contributed by atoms with van der Waals surface area (Å²) < 4.78 is 0. The first-order chi connectivity index (χ1) is 6.72. The van der Waals surface area contributed by atoms with Gasteiger partial charge in [0, 0.05) is 12.6 Å². The Morgan fingerprint density at radius 2 is 2.29 bits per heavy atom. The number of nitriles is 1. The van der Waals surface area contributed by atoms with Crippen LogP contribution < -0.4 is 5.32 Å². The molecule has 1 N–H and O–H groups in total. The fraction of sp³-hybridized carbons (Fsp3) is 0.909. The molecule has 0 radical (unpaired) electrons. The highest BCUT2D eigenvalue weighted by Gasteiger charge is 2.52. The Bertz CT molecular complexity index is 252. The van der Waals surface area contributed by atoms with Crippen LogP contribution in [0.4, 0.5) is 0 Å². The van der Waals surface area contributed by atoms with Crippen molar-refractivity contribution in [3.05, 3.63) is 0 Å². The summed E-state index contributed by atoms with van der Waals surface area (Å²) >= 11 is 0. The summed E-state index contributed by atoms with van der Waals surface area (Å²) in [5, 5.41) is 12.5. The topological polar surface area (TPSA) is 39.1 Å². The van der Waals surface area contributed by atoms with Gasteiger partial charge in [0.05, 0.1) is 11.5 Å². The number of likely N-dealkylation sites (tertiary alicyclic amines) is 1. The van der Waals surface area contributed by atoms with E-state index in [0.717, 1.165) is 19.4 Å². The highest BCUT2D eigenvalue weighted by Crippen LogP contribution is 2.51. The van der Waals surface area contributed by atoms with Crippen molar-refractivity contribution in [3.63, 3.8) is 0 Å². The predicted molar refractivity (Wildman–Crippen MR) is 55.7 cm³/mol. The average molecular weight is 193 g/mol. The summed E-state index contributed by atoms with van der Waals surface area (Å²) in [5.41, 5.74) is -0.0232. The van der Waals surface area contributed by atoms with E-state index in [1.165, 1.54) is 13.0 Å². The minimum absolute atomic E-state index is 0.0232. The van der Waals surface area contributed by atoms with Gasteiger partial charge in [-0.05, 0) is 45.8 Å². The van der Waals surface area contributed by atoms with Crippen LogP contribution in [0.1, 0.15) is 19.3 Å². The molecule has 0 aromatic heterocycles. The van der Waals surface area contributed by atoms with Gasteiger partial charge in [-0.3, -0.25) is 0 Å². The van der Waals surface area contributed by atoms with Crippen LogP contribution in [0.15, 0.2) is 0 Å². The van der Waals surface area contributed by atoms with E-state index in [9.17, 15) is 5.26 Å². The van der Waals surface area contributed by atoms with Gasteiger partial charge < -0.3 is 10.2 Å². The fourth-order valence-corrected chi connectivity index (χ4v) is 2.83. The Hall–Kier alpha value is -0.590. The maximum atomic E-state index is 9.18. The van der Waals surface area contributed by atoms with Crippen molar-refractivity contribution >= 4 is 0 Å². The van der Waals surface area contributed by atoms with Crippen LogP contribution in [-0.2, 0) is 0 Å². The smallest absolute Gasteiger partial charge is 0.0731 e. The van der Waals surface area contributed by atoms with Crippen LogP contribution in [0.5, 0.6) is 0 Å². The van der Waals surface area contributed by atoms with Crippen LogP contribution in [0.2, 0.25) is 0 Å². The molecule has 14 heavy (non-hydrogen) atoms. The molecular weight excluding hydrogens is 174 g/mol. The molecule has 0 aromatic rings. The van der Waals surface area contributed by atoms with E-state index in [1.54, 1.807) is 0 Å². The minimum Gasteiger partial charge on any atom is -0.315 e. The molecule has 3 heteroatoms. The zero-order valence-corrected chi connectivity index (χ0v) is 9.08. The van der Waals surface area contributed by atoms with E-state index in [4.69, 9.17) is 0 Å². The van der Waals surface area contributed by atoms with Crippen molar-refractivity contribution in [1.82, 2.24) is 10.2 Å². The molecule has 0 amide bonds. The SMILES string of the molecule is CNC(C1CCN(C)C1)C1(C#N)CC1. The monoisotopic (exact) mass is 193 g/mol. The maximum absolute atomic E-state index is 9.18. The van der Waals surface area contributed by atoms with Crippen LogP contribution in [0.25, 0.3) is 0 Å². The van der Waals surface area contributed by atoms with Gasteiger partial charge in [-0.15, -0.1) is 0 Å². The molecule has 0 spiro atoms. The third kappa shape index (κ3) is 1.53. The summed E-state index contributed by atoms with van der Waals surface area (Å²) in [6.45, 7) is 2.33. The lowest BCUT2D eigenvalue weighted by Gasteiger charge is -2.27. The molecule has 1 saturated carbocycles. The quantitative estimate of drug-likeness (QED) is 0.721. The Morgan fingerprint density at radius 3 is 2.64 bits per heavy atom. The number of hydrogen-bond donors (Lipinski definition) is 1. The third-order valence-corrected chi connectivity index (χ3v) is 3.82. The molecule has 1 heterocycles. The van der Waals surface area contributed by atoms with Crippen LogP contribution >= 0.6 is 0 Å². The number of hydrogen-bond acceptors (Lipinski definition) is 3. The Morgan fingerprint density at radius 1 is 1.57 bits per heavy atom. The summed E-state index contributed by atoms with van der Waals surface area (Å²) in [6, 6.07) is 2.93. The van der Waals surface area contributed by atoms with Crippen LogP contribution in [0.3, 0.4) is 0 Å². The summed E-state index contributed by atoms with van der Waals surface area (Å²) in [5.74, 6) is 0.673. The molecule has 1 saturated heterocycles. The van der Waals surface area contributed by atoms with E-state index in [0.29, 0.717) is 12.0 Å². The molecule has 0 aromatic carbocycles.